The summed E-state index contributed by atoms with van der Waals surface area (Å²) in [6, 6.07) is 12.4. The van der Waals surface area contributed by atoms with Crippen molar-refractivity contribution in [3.63, 3.8) is 0 Å². The zero-order chi connectivity index (χ0) is 20.4. The van der Waals surface area contributed by atoms with Gasteiger partial charge < -0.3 is 14.8 Å². The Bertz CT molecular complexity index is 1020. The van der Waals surface area contributed by atoms with Gasteiger partial charge in [-0.2, -0.15) is 0 Å². The van der Waals surface area contributed by atoms with Crippen molar-refractivity contribution in [3.8, 4) is 0 Å². The predicted molar refractivity (Wildman–Crippen MR) is 117 cm³/mol. The molecule has 6 heteroatoms. The lowest BCUT2D eigenvalue weighted by molar-refractivity contribution is -0.126. The van der Waals surface area contributed by atoms with Crippen LogP contribution < -0.4 is 5.32 Å². The van der Waals surface area contributed by atoms with Gasteiger partial charge in [0.15, 0.2) is 0 Å². The van der Waals surface area contributed by atoms with Crippen molar-refractivity contribution < 1.29 is 9.59 Å². The van der Waals surface area contributed by atoms with Gasteiger partial charge in [-0.05, 0) is 49.3 Å². The van der Waals surface area contributed by atoms with E-state index in [1.165, 1.54) is 11.1 Å². The number of rotatable bonds is 5. The molecular weight excluding hydrogens is 382 g/mol. The van der Waals surface area contributed by atoms with Crippen molar-refractivity contribution in [2.75, 3.05) is 19.6 Å². The summed E-state index contributed by atoms with van der Waals surface area (Å²) in [5.41, 5.74) is 4.25. The summed E-state index contributed by atoms with van der Waals surface area (Å²) in [5.74, 6) is -0.0531. The molecule has 1 N–H and O–H groups in total. The molecule has 3 heterocycles. The largest absolute Gasteiger partial charge is 0.355 e. The zero-order valence-corrected chi connectivity index (χ0v) is 17.8. The first kappa shape index (κ1) is 19.7. The second-order valence-electron chi connectivity index (χ2n) is 7.88. The van der Waals surface area contributed by atoms with Crippen molar-refractivity contribution >= 4 is 33.4 Å². The molecule has 1 atom stereocenters. The lowest BCUT2D eigenvalue weighted by Gasteiger charge is -2.32. The van der Waals surface area contributed by atoms with Crippen LogP contribution in [0.2, 0.25) is 0 Å². The number of carbonyl (C=O) groups excluding carboxylic acids is 2. The van der Waals surface area contributed by atoms with Gasteiger partial charge >= 0.3 is 0 Å². The van der Waals surface area contributed by atoms with Crippen LogP contribution in [-0.2, 0) is 18.3 Å². The minimum Gasteiger partial charge on any atom is -0.355 e. The first-order valence-corrected chi connectivity index (χ1v) is 11.1. The Balaban J connectivity index is 1.34. The van der Waals surface area contributed by atoms with E-state index in [2.05, 4.69) is 36.5 Å². The normalized spacial score (nSPS) is 16.9. The summed E-state index contributed by atoms with van der Waals surface area (Å²) in [4.78, 5) is 27.6. The van der Waals surface area contributed by atoms with Gasteiger partial charge in [0.2, 0.25) is 5.91 Å². The molecule has 1 saturated heterocycles. The maximum Gasteiger partial charge on any atom is 0.270 e. The molecule has 1 aliphatic rings. The van der Waals surface area contributed by atoms with Crippen molar-refractivity contribution in [2.45, 2.75) is 26.2 Å². The average molecular weight is 410 g/mol. The van der Waals surface area contributed by atoms with Crippen LogP contribution in [0.3, 0.4) is 0 Å². The number of hydrogen-bond acceptors (Lipinski definition) is 3. The molecule has 1 fully saturated rings. The Kier molecular flexibility index (Phi) is 5.72. The molecule has 0 saturated carbocycles. The standard InChI is InChI=1S/C23H27N3O2S/c1-16-5-7-17(8-6-16)9-11-24-22(27)18-4-3-12-26(15-18)23(28)20-14-21-19(25(20)2)10-13-29-21/h5-8,10,13-14,18H,3-4,9,11-12,15H2,1-2H3,(H,24,27)/t18-/m1/s1. The molecule has 4 rings (SSSR count). The molecule has 3 aromatic rings. The summed E-state index contributed by atoms with van der Waals surface area (Å²) >= 11 is 1.64. The smallest absolute Gasteiger partial charge is 0.270 e. The highest BCUT2D eigenvalue weighted by atomic mass is 32.1. The lowest BCUT2D eigenvalue weighted by Crippen LogP contribution is -2.46. The summed E-state index contributed by atoms with van der Waals surface area (Å²) < 4.78 is 3.08. The fourth-order valence-corrected chi connectivity index (χ4v) is 4.87. The van der Waals surface area contributed by atoms with Crippen LogP contribution in [-0.4, -0.2) is 40.9 Å². The highest BCUT2D eigenvalue weighted by Crippen LogP contribution is 2.26. The molecule has 2 aromatic heterocycles. The van der Waals surface area contributed by atoms with Gasteiger partial charge in [0, 0.05) is 26.7 Å². The quantitative estimate of drug-likeness (QED) is 0.698. The van der Waals surface area contributed by atoms with E-state index >= 15 is 0 Å². The molecule has 0 spiro atoms. The molecule has 0 bridgehead atoms. The van der Waals surface area contributed by atoms with Crippen LogP contribution in [0.15, 0.2) is 41.8 Å². The number of amides is 2. The third-order valence-electron chi connectivity index (χ3n) is 5.80. The first-order valence-electron chi connectivity index (χ1n) is 10.2. The maximum absolute atomic E-state index is 13.1. The van der Waals surface area contributed by atoms with Crippen LogP contribution in [0.25, 0.3) is 10.2 Å². The van der Waals surface area contributed by atoms with Crippen molar-refractivity contribution in [1.82, 2.24) is 14.8 Å². The van der Waals surface area contributed by atoms with E-state index in [1.54, 1.807) is 11.3 Å². The number of carbonyl (C=O) groups is 2. The molecule has 1 aromatic carbocycles. The van der Waals surface area contributed by atoms with Gasteiger partial charge in [0.05, 0.1) is 16.1 Å². The van der Waals surface area contributed by atoms with E-state index in [0.717, 1.165) is 29.5 Å². The monoisotopic (exact) mass is 409 g/mol. The minimum atomic E-state index is -0.132. The van der Waals surface area contributed by atoms with E-state index in [0.29, 0.717) is 25.3 Å². The molecule has 0 radical (unpaired) electrons. The molecule has 0 unspecified atom stereocenters. The van der Waals surface area contributed by atoms with Crippen LogP contribution in [0.1, 0.15) is 34.5 Å². The molecule has 5 nitrogen and oxygen atoms in total. The number of thiophene rings is 1. The van der Waals surface area contributed by atoms with Crippen LogP contribution >= 0.6 is 11.3 Å². The number of nitrogens with zero attached hydrogens (tertiary/aromatic N) is 2. The highest BCUT2D eigenvalue weighted by molar-refractivity contribution is 7.17. The van der Waals surface area contributed by atoms with Gasteiger partial charge in [-0.3, -0.25) is 9.59 Å². The van der Waals surface area contributed by atoms with Crippen LogP contribution in [0, 0.1) is 12.8 Å². The molecular formula is C23H27N3O2S. The summed E-state index contributed by atoms with van der Waals surface area (Å²) in [5, 5.41) is 5.10. The van der Waals surface area contributed by atoms with E-state index in [1.807, 2.05) is 34.0 Å². The van der Waals surface area contributed by atoms with Gasteiger partial charge in [-0.25, -0.2) is 0 Å². The van der Waals surface area contributed by atoms with Gasteiger partial charge in [-0.15, -0.1) is 11.3 Å². The summed E-state index contributed by atoms with van der Waals surface area (Å²) in [6.45, 7) is 3.90. The molecule has 152 valence electrons. The van der Waals surface area contributed by atoms with Gasteiger partial charge in [-0.1, -0.05) is 29.8 Å². The van der Waals surface area contributed by atoms with E-state index in [9.17, 15) is 9.59 Å². The number of likely N-dealkylation sites (tertiary alicyclic amines) is 1. The maximum atomic E-state index is 13.1. The summed E-state index contributed by atoms with van der Waals surface area (Å²) in [7, 11) is 1.93. The lowest BCUT2D eigenvalue weighted by atomic mass is 9.96. The fraction of sp³-hybridized carbons (Fsp3) is 0.391. The predicted octanol–water partition coefficient (Wildman–Crippen LogP) is 3.76. The number of aromatic nitrogens is 1. The molecule has 1 aliphatic heterocycles. The number of aryl methyl sites for hydroxylation is 2. The van der Waals surface area contributed by atoms with Crippen LogP contribution in [0.4, 0.5) is 0 Å². The SMILES string of the molecule is Cc1ccc(CCNC(=O)[C@@H]2CCCN(C(=O)c3cc4sccc4n3C)C2)cc1. The van der Waals surface area contributed by atoms with Crippen LogP contribution in [0.5, 0.6) is 0 Å². The highest BCUT2D eigenvalue weighted by Gasteiger charge is 2.30. The number of piperidine rings is 1. The molecule has 0 aliphatic carbocycles. The van der Waals surface area contributed by atoms with E-state index < -0.39 is 0 Å². The Morgan fingerprint density at radius 1 is 1.21 bits per heavy atom. The Hall–Kier alpha value is -2.60. The van der Waals surface area contributed by atoms with Crippen molar-refractivity contribution in [1.29, 1.82) is 0 Å². The first-order chi connectivity index (χ1) is 14.0. The minimum absolute atomic E-state index is 0.0213. The number of nitrogens with one attached hydrogen (secondary N) is 1. The molecule has 29 heavy (non-hydrogen) atoms. The Labute approximate surface area is 175 Å². The second-order valence-corrected chi connectivity index (χ2v) is 8.82. The van der Waals surface area contributed by atoms with Gasteiger partial charge in [0.25, 0.3) is 5.91 Å². The average Bonchev–Trinajstić information content (AvgIpc) is 3.32. The topological polar surface area (TPSA) is 54.3 Å². The van der Waals surface area contributed by atoms with Crippen molar-refractivity contribution in [2.24, 2.45) is 13.0 Å². The molecule has 2 amide bonds. The fourth-order valence-electron chi connectivity index (χ4n) is 4.02. The number of fused-ring (bicyclic) bond motifs is 1. The third-order valence-corrected chi connectivity index (χ3v) is 6.65. The third kappa shape index (κ3) is 4.22. The van der Waals surface area contributed by atoms with E-state index in [4.69, 9.17) is 0 Å². The number of hydrogen-bond donors (Lipinski definition) is 1. The summed E-state index contributed by atoms with van der Waals surface area (Å²) in [6.07, 6.45) is 2.52. The Morgan fingerprint density at radius 3 is 2.76 bits per heavy atom. The number of benzene rings is 1. The van der Waals surface area contributed by atoms with Gasteiger partial charge in [0.1, 0.15) is 5.69 Å². The van der Waals surface area contributed by atoms with E-state index in [-0.39, 0.29) is 17.7 Å². The Morgan fingerprint density at radius 2 is 2.00 bits per heavy atom. The second kappa shape index (κ2) is 8.41. The van der Waals surface area contributed by atoms with Crippen molar-refractivity contribution in [3.05, 3.63) is 58.6 Å². The zero-order valence-electron chi connectivity index (χ0n) is 17.0.